The van der Waals surface area contributed by atoms with Crippen molar-refractivity contribution in [2.45, 2.75) is 26.2 Å². The van der Waals surface area contributed by atoms with Crippen molar-refractivity contribution in [1.82, 2.24) is 10.6 Å². The van der Waals surface area contributed by atoms with Gasteiger partial charge in [0.1, 0.15) is 0 Å². The van der Waals surface area contributed by atoms with E-state index in [0.717, 1.165) is 38.3 Å². The van der Waals surface area contributed by atoms with E-state index in [9.17, 15) is 5.11 Å². The molecule has 110 valence electrons. The molecule has 2 rings (SSSR count). The SMILES string of the molecule is CCNC(=NCC1(CO)CC1)NCCc1ccccc1. The third-order valence-electron chi connectivity index (χ3n) is 3.76. The molecule has 4 nitrogen and oxygen atoms in total. The summed E-state index contributed by atoms with van der Waals surface area (Å²) in [4.78, 5) is 4.58. The van der Waals surface area contributed by atoms with Gasteiger partial charge in [0, 0.05) is 18.5 Å². The Morgan fingerprint density at radius 2 is 2.00 bits per heavy atom. The molecule has 0 bridgehead atoms. The molecule has 0 amide bonds. The Bertz CT molecular complexity index is 427. The maximum atomic E-state index is 9.31. The monoisotopic (exact) mass is 275 g/mol. The number of aliphatic hydroxyl groups excluding tert-OH is 1. The van der Waals surface area contributed by atoms with E-state index >= 15 is 0 Å². The van der Waals surface area contributed by atoms with Crippen LogP contribution in [0.15, 0.2) is 35.3 Å². The lowest BCUT2D eigenvalue weighted by Gasteiger charge is -2.13. The standard InChI is InChI=1S/C16H25N3O/c1-2-17-15(19-12-16(13-20)9-10-16)18-11-8-14-6-4-3-5-7-14/h3-7,20H,2,8-13H2,1H3,(H2,17,18,19). The largest absolute Gasteiger partial charge is 0.396 e. The van der Waals surface area contributed by atoms with E-state index in [1.54, 1.807) is 0 Å². The molecule has 1 fully saturated rings. The molecule has 4 heteroatoms. The highest BCUT2D eigenvalue weighted by Crippen LogP contribution is 2.45. The number of aliphatic imine (C=N–C) groups is 1. The summed E-state index contributed by atoms with van der Waals surface area (Å²) in [5.74, 6) is 0.850. The Morgan fingerprint density at radius 3 is 2.60 bits per heavy atom. The van der Waals surface area contributed by atoms with Crippen molar-refractivity contribution in [2.24, 2.45) is 10.4 Å². The van der Waals surface area contributed by atoms with Gasteiger partial charge in [0.05, 0.1) is 13.2 Å². The molecule has 0 aliphatic heterocycles. The predicted molar refractivity (Wildman–Crippen MR) is 82.9 cm³/mol. The van der Waals surface area contributed by atoms with Gasteiger partial charge in [0.25, 0.3) is 0 Å². The molecule has 20 heavy (non-hydrogen) atoms. The van der Waals surface area contributed by atoms with E-state index in [0.29, 0.717) is 6.54 Å². The molecule has 1 aliphatic carbocycles. The molecule has 1 aromatic carbocycles. The van der Waals surface area contributed by atoms with Gasteiger partial charge in [0.2, 0.25) is 0 Å². The van der Waals surface area contributed by atoms with E-state index in [-0.39, 0.29) is 12.0 Å². The van der Waals surface area contributed by atoms with Crippen molar-refractivity contribution in [1.29, 1.82) is 0 Å². The van der Waals surface area contributed by atoms with E-state index in [4.69, 9.17) is 0 Å². The number of hydrogen-bond acceptors (Lipinski definition) is 2. The van der Waals surface area contributed by atoms with Gasteiger partial charge in [-0.15, -0.1) is 0 Å². The van der Waals surface area contributed by atoms with E-state index in [1.165, 1.54) is 5.56 Å². The predicted octanol–water partition coefficient (Wildman–Crippen LogP) is 1.56. The smallest absolute Gasteiger partial charge is 0.191 e. The van der Waals surface area contributed by atoms with Crippen molar-refractivity contribution >= 4 is 5.96 Å². The average molecular weight is 275 g/mol. The number of aliphatic hydroxyl groups is 1. The summed E-state index contributed by atoms with van der Waals surface area (Å²) in [5.41, 5.74) is 1.40. The zero-order chi connectivity index (χ0) is 14.3. The second-order valence-electron chi connectivity index (χ2n) is 5.52. The van der Waals surface area contributed by atoms with Crippen molar-refractivity contribution in [3.05, 3.63) is 35.9 Å². The summed E-state index contributed by atoms with van der Waals surface area (Å²) >= 11 is 0. The van der Waals surface area contributed by atoms with Crippen LogP contribution in [0.4, 0.5) is 0 Å². The van der Waals surface area contributed by atoms with Crippen LogP contribution in [-0.2, 0) is 6.42 Å². The molecule has 0 atom stereocenters. The maximum absolute atomic E-state index is 9.31. The number of guanidine groups is 1. The lowest BCUT2D eigenvalue weighted by atomic mass is 10.1. The highest BCUT2D eigenvalue weighted by Gasteiger charge is 2.41. The zero-order valence-corrected chi connectivity index (χ0v) is 12.2. The number of hydrogen-bond donors (Lipinski definition) is 3. The van der Waals surface area contributed by atoms with Gasteiger partial charge < -0.3 is 15.7 Å². The minimum atomic E-state index is 0.0712. The van der Waals surface area contributed by atoms with Gasteiger partial charge >= 0.3 is 0 Å². The first-order valence-corrected chi connectivity index (χ1v) is 7.45. The second kappa shape index (κ2) is 7.29. The summed E-state index contributed by atoms with van der Waals surface area (Å²) in [6, 6.07) is 10.4. The highest BCUT2D eigenvalue weighted by molar-refractivity contribution is 5.79. The number of nitrogens with one attached hydrogen (secondary N) is 2. The Balaban J connectivity index is 1.78. The fourth-order valence-corrected chi connectivity index (χ4v) is 2.10. The molecule has 0 saturated heterocycles. The fourth-order valence-electron chi connectivity index (χ4n) is 2.10. The molecule has 0 heterocycles. The molecule has 1 aliphatic rings. The lowest BCUT2D eigenvalue weighted by molar-refractivity contribution is 0.217. The Hall–Kier alpha value is -1.55. The first-order chi connectivity index (χ1) is 9.78. The quantitative estimate of drug-likeness (QED) is 0.523. The van der Waals surface area contributed by atoms with Gasteiger partial charge in [-0.3, -0.25) is 4.99 Å². The molecule has 1 aromatic rings. The van der Waals surface area contributed by atoms with Crippen LogP contribution in [0.25, 0.3) is 0 Å². The summed E-state index contributed by atoms with van der Waals surface area (Å²) < 4.78 is 0. The third kappa shape index (κ3) is 4.53. The fraction of sp³-hybridized carbons (Fsp3) is 0.562. The Labute approximate surface area is 121 Å². The van der Waals surface area contributed by atoms with Crippen molar-refractivity contribution in [3.63, 3.8) is 0 Å². The van der Waals surface area contributed by atoms with Crippen LogP contribution in [0.2, 0.25) is 0 Å². The van der Waals surface area contributed by atoms with Crippen LogP contribution in [0.1, 0.15) is 25.3 Å². The molecule has 1 saturated carbocycles. The van der Waals surface area contributed by atoms with Gasteiger partial charge in [-0.2, -0.15) is 0 Å². The molecule has 0 aromatic heterocycles. The summed E-state index contributed by atoms with van der Waals surface area (Å²) in [7, 11) is 0. The molecule has 0 spiro atoms. The van der Waals surface area contributed by atoms with Gasteiger partial charge in [-0.05, 0) is 31.7 Å². The maximum Gasteiger partial charge on any atom is 0.191 e. The molecular weight excluding hydrogens is 250 g/mol. The number of rotatable bonds is 7. The third-order valence-corrected chi connectivity index (χ3v) is 3.76. The van der Waals surface area contributed by atoms with Crippen molar-refractivity contribution in [2.75, 3.05) is 26.2 Å². The van der Waals surface area contributed by atoms with Crippen molar-refractivity contribution in [3.8, 4) is 0 Å². The van der Waals surface area contributed by atoms with Crippen LogP contribution < -0.4 is 10.6 Å². The van der Waals surface area contributed by atoms with E-state index in [1.807, 2.05) is 6.07 Å². The zero-order valence-electron chi connectivity index (χ0n) is 12.2. The number of nitrogens with zero attached hydrogens (tertiary/aromatic N) is 1. The van der Waals surface area contributed by atoms with Crippen LogP contribution in [0.5, 0.6) is 0 Å². The minimum absolute atomic E-state index is 0.0712. The summed E-state index contributed by atoms with van der Waals surface area (Å²) in [6.45, 7) is 4.74. The first-order valence-electron chi connectivity index (χ1n) is 7.45. The normalized spacial score (nSPS) is 16.8. The first kappa shape index (κ1) is 14.9. The highest BCUT2D eigenvalue weighted by atomic mass is 16.3. The summed E-state index contributed by atoms with van der Waals surface area (Å²) in [5, 5.41) is 15.9. The lowest BCUT2D eigenvalue weighted by Crippen LogP contribution is -2.38. The molecule has 0 radical (unpaired) electrons. The van der Waals surface area contributed by atoms with Gasteiger partial charge in [0.15, 0.2) is 5.96 Å². The Kier molecular flexibility index (Phi) is 5.41. The topological polar surface area (TPSA) is 56.7 Å². The van der Waals surface area contributed by atoms with Gasteiger partial charge in [-0.25, -0.2) is 0 Å². The second-order valence-corrected chi connectivity index (χ2v) is 5.52. The summed E-state index contributed by atoms with van der Waals surface area (Å²) in [6.07, 6.45) is 3.17. The van der Waals surface area contributed by atoms with Crippen LogP contribution in [0.3, 0.4) is 0 Å². The molecule has 3 N–H and O–H groups in total. The van der Waals surface area contributed by atoms with Crippen LogP contribution in [-0.4, -0.2) is 37.3 Å². The van der Waals surface area contributed by atoms with Crippen molar-refractivity contribution < 1.29 is 5.11 Å². The average Bonchev–Trinajstić information content (AvgIpc) is 3.26. The van der Waals surface area contributed by atoms with E-state index in [2.05, 4.69) is 46.8 Å². The van der Waals surface area contributed by atoms with Crippen LogP contribution >= 0.6 is 0 Å². The number of benzene rings is 1. The molecule has 0 unspecified atom stereocenters. The Morgan fingerprint density at radius 1 is 1.25 bits per heavy atom. The minimum Gasteiger partial charge on any atom is -0.396 e. The molecular formula is C16H25N3O. The van der Waals surface area contributed by atoms with Crippen LogP contribution in [0, 0.1) is 5.41 Å². The van der Waals surface area contributed by atoms with Gasteiger partial charge in [-0.1, -0.05) is 30.3 Å². The van der Waals surface area contributed by atoms with E-state index < -0.39 is 0 Å².